The molecule has 11 heteroatoms. The molecule has 1 heterocycles. The van der Waals surface area contributed by atoms with Crippen LogP contribution in [0.1, 0.15) is 15.9 Å². The first-order valence-corrected chi connectivity index (χ1v) is 8.20. The zero-order valence-corrected chi connectivity index (χ0v) is 15.0. The number of rotatable bonds is 5. The molecule has 0 spiro atoms. The van der Waals surface area contributed by atoms with E-state index in [9.17, 15) is 22.8 Å². The van der Waals surface area contributed by atoms with Gasteiger partial charge in [-0.15, -0.1) is 10.2 Å². The van der Waals surface area contributed by atoms with E-state index < -0.39 is 23.6 Å². The van der Waals surface area contributed by atoms with Crippen LogP contribution in [0.5, 0.6) is 0 Å². The third kappa shape index (κ3) is 4.94. The number of benzene rings is 2. The standard InChI is InChI=1S/C18H14F3N5O3/c1-29-17(28)11-5-7-14(8-6-11)22-15(27)10-26-24-16(23-25-26)12-3-2-4-13(9-12)18(19,20)21/h2-9H,10H2,1H3,(H,22,27). The second-order valence-electron chi connectivity index (χ2n) is 5.84. The summed E-state index contributed by atoms with van der Waals surface area (Å²) in [5.74, 6) is -1.02. The van der Waals surface area contributed by atoms with Crippen molar-refractivity contribution >= 4 is 17.6 Å². The predicted octanol–water partition coefficient (Wildman–Crippen LogP) is 2.78. The molecule has 0 unspecified atom stereocenters. The van der Waals surface area contributed by atoms with Crippen molar-refractivity contribution in [2.24, 2.45) is 0 Å². The molecule has 0 bridgehead atoms. The highest BCUT2D eigenvalue weighted by Gasteiger charge is 2.30. The maximum atomic E-state index is 12.8. The van der Waals surface area contributed by atoms with Crippen molar-refractivity contribution in [2.75, 3.05) is 12.4 Å². The summed E-state index contributed by atoms with van der Waals surface area (Å²) in [6, 6.07) is 10.5. The van der Waals surface area contributed by atoms with Crippen molar-refractivity contribution in [3.05, 3.63) is 59.7 Å². The fourth-order valence-corrected chi connectivity index (χ4v) is 2.40. The van der Waals surface area contributed by atoms with Crippen molar-refractivity contribution in [1.29, 1.82) is 0 Å². The highest BCUT2D eigenvalue weighted by atomic mass is 19.4. The van der Waals surface area contributed by atoms with Gasteiger partial charge in [0.1, 0.15) is 6.54 Å². The third-order valence-corrected chi connectivity index (χ3v) is 3.78. The Morgan fingerprint density at radius 2 is 1.86 bits per heavy atom. The molecule has 3 aromatic rings. The molecule has 3 rings (SSSR count). The molecule has 29 heavy (non-hydrogen) atoms. The average Bonchev–Trinajstić information content (AvgIpc) is 3.15. The van der Waals surface area contributed by atoms with Crippen LogP contribution in [0.15, 0.2) is 48.5 Å². The highest BCUT2D eigenvalue weighted by Crippen LogP contribution is 2.31. The van der Waals surface area contributed by atoms with E-state index in [1.54, 1.807) is 0 Å². The van der Waals surface area contributed by atoms with E-state index in [0.717, 1.165) is 16.9 Å². The van der Waals surface area contributed by atoms with E-state index in [-0.39, 0.29) is 17.9 Å². The van der Waals surface area contributed by atoms with Gasteiger partial charge in [-0.25, -0.2) is 4.79 Å². The van der Waals surface area contributed by atoms with Crippen molar-refractivity contribution in [1.82, 2.24) is 20.2 Å². The Bertz CT molecular complexity index is 1030. The molecule has 0 aliphatic heterocycles. The number of alkyl halides is 3. The molecule has 0 radical (unpaired) electrons. The highest BCUT2D eigenvalue weighted by molar-refractivity contribution is 5.92. The molecule has 2 aromatic carbocycles. The number of methoxy groups -OCH3 is 1. The molecule has 1 N–H and O–H groups in total. The number of carbonyl (C=O) groups excluding carboxylic acids is 2. The van der Waals surface area contributed by atoms with Gasteiger partial charge >= 0.3 is 12.1 Å². The molecular weight excluding hydrogens is 391 g/mol. The number of halogens is 3. The maximum absolute atomic E-state index is 12.8. The third-order valence-electron chi connectivity index (χ3n) is 3.78. The van der Waals surface area contributed by atoms with Crippen LogP contribution in [0.2, 0.25) is 0 Å². The molecule has 0 aliphatic carbocycles. The van der Waals surface area contributed by atoms with Gasteiger partial charge in [-0.1, -0.05) is 12.1 Å². The zero-order chi connectivity index (χ0) is 21.0. The molecular formula is C18H14F3N5O3. The topological polar surface area (TPSA) is 99.0 Å². The van der Waals surface area contributed by atoms with Crippen LogP contribution in [0.3, 0.4) is 0 Å². The SMILES string of the molecule is COC(=O)c1ccc(NC(=O)Cn2nnc(-c3cccc(C(F)(F)F)c3)n2)cc1. The fourth-order valence-electron chi connectivity index (χ4n) is 2.40. The van der Waals surface area contributed by atoms with E-state index in [1.165, 1.54) is 43.5 Å². The summed E-state index contributed by atoms with van der Waals surface area (Å²) in [5.41, 5.74) is 0.0550. The molecule has 0 aliphatic rings. The Labute approximate surface area is 162 Å². The zero-order valence-electron chi connectivity index (χ0n) is 15.0. The number of tetrazole rings is 1. The number of hydrogen-bond acceptors (Lipinski definition) is 6. The van der Waals surface area contributed by atoms with Gasteiger partial charge in [-0.3, -0.25) is 4.79 Å². The average molecular weight is 405 g/mol. The van der Waals surface area contributed by atoms with Gasteiger partial charge in [0.25, 0.3) is 0 Å². The van der Waals surface area contributed by atoms with E-state index in [1.807, 2.05) is 0 Å². The van der Waals surface area contributed by atoms with Crippen molar-refractivity contribution < 1.29 is 27.5 Å². The summed E-state index contributed by atoms with van der Waals surface area (Å²) >= 11 is 0. The minimum Gasteiger partial charge on any atom is -0.465 e. The number of esters is 1. The Balaban J connectivity index is 1.66. The Hall–Kier alpha value is -3.76. The van der Waals surface area contributed by atoms with Crippen LogP contribution < -0.4 is 5.32 Å². The Kier molecular flexibility index (Phi) is 5.57. The second kappa shape index (κ2) is 8.09. The normalized spacial score (nSPS) is 11.2. The van der Waals surface area contributed by atoms with Gasteiger partial charge in [0.15, 0.2) is 0 Å². The number of aromatic nitrogens is 4. The minimum absolute atomic E-state index is 0.0358. The minimum atomic E-state index is -4.49. The van der Waals surface area contributed by atoms with Crippen molar-refractivity contribution in [2.45, 2.75) is 12.7 Å². The lowest BCUT2D eigenvalue weighted by molar-refractivity contribution is -0.137. The number of anilines is 1. The molecule has 0 atom stereocenters. The van der Waals surface area contributed by atoms with Crippen LogP contribution >= 0.6 is 0 Å². The van der Waals surface area contributed by atoms with Crippen LogP contribution in [0, 0.1) is 0 Å². The molecule has 150 valence electrons. The summed E-state index contributed by atoms with van der Waals surface area (Å²) in [7, 11) is 1.26. The number of nitrogens with one attached hydrogen (secondary N) is 1. The lowest BCUT2D eigenvalue weighted by Crippen LogP contribution is -2.20. The number of nitrogens with zero attached hydrogens (tertiary/aromatic N) is 4. The Morgan fingerprint density at radius 3 is 2.52 bits per heavy atom. The number of carbonyl (C=O) groups is 2. The van der Waals surface area contributed by atoms with Gasteiger partial charge in [0.05, 0.1) is 18.2 Å². The number of ether oxygens (including phenoxy) is 1. The monoisotopic (exact) mass is 405 g/mol. The van der Waals surface area contributed by atoms with E-state index >= 15 is 0 Å². The fraction of sp³-hybridized carbons (Fsp3) is 0.167. The first-order valence-electron chi connectivity index (χ1n) is 8.20. The lowest BCUT2D eigenvalue weighted by atomic mass is 10.1. The van der Waals surface area contributed by atoms with Crippen LogP contribution in [-0.2, 0) is 22.3 Å². The first kappa shape index (κ1) is 20.0. The lowest BCUT2D eigenvalue weighted by Gasteiger charge is -2.06. The summed E-state index contributed by atoms with van der Waals surface area (Å²) in [6.45, 7) is -0.301. The van der Waals surface area contributed by atoms with Crippen LogP contribution in [0.25, 0.3) is 11.4 Å². The maximum Gasteiger partial charge on any atom is 0.416 e. The largest absolute Gasteiger partial charge is 0.465 e. The second-order valence-corrected chi connectivity index (χ2v) is 5.84. The first-order chi connectivity index (χ1) is 13.8. The van der Waals surface area contributed by atoms with Gasteiger partial charge in [0, 0.05) is 11.3 Å². The molecule has 8 nitrogen and oxygen atoms in total. The van der Waals surface area contributed by atoms with E-state index in [0.29, 0.717) is 11.3 Å². The van der Waals surface area contributed by atoms with Crippen LogP contribution in [0.4, 0.5) is 18.9 Å². The summed E-state index contributed by atoms with van der Waals surface area (Å²) in [5, 5.41) is 13.9. The predicted molar refractivity (Wildman–Crippen MR) is 94.7 cm³/mol. The molecule has 0 saturated carbocycles. The molecule has 0 fully saturated rings. The summed E-state index contributed by atoms with van der Waals surface area (Å²) in [4.78, 5) is 24.5. The van der Waals surface area contributed by atoms with E-state index in [2.05, 4.69) is 25.5 Å². The summed E-state index contributed by atoms with van der Waals surface area (Å²) in [6.07, 6.45) is -4.49. The molecule has 1 amide bonds. The van der Waals surface area contributed by atoms with Crippen LogP contribution in [-0.4, -0.2) is 39.2 Å². The molecule has 1 aromatic heterocycles. The number of hydrogen-bond donors (Lipinski definition) is 1. The molecule has 0 saturated heterocycles. The smallest absolute Gasteiger partial charge is 0.416 e. The van der Waals surface area contributed by atoms with Gasteiger partial charge in [-0.2, -0.15) is 18.0 Å². The van der Waals surface area contributed by atoms with Gasteiger partial charge < -0.3 is 10.1 Å². The van der Waals surface area contributed by atoms with Crippen molar-refractivity contribution in [3.63, 3.8) is 0 Å². The van der Waals surface area contributed by atoms with E-state index in [4.69, 9.17) is 0 Å². The van der Waals surface area contributed by atoms with Gasteiger partial charge in [-0.05, 0) is 41.6 Å². The number of amides is 1. The summed E-state index contributed by atoms with van der Waals surface area (Å²) < 4.78 is 43.0. The Morgan fingerprint density at radius 1 is 1.14 bits per heavy atom. The quantitative estimate of drug-likeness (QED) is 0.656. The van der Waals surface area contributed by atoms with Gasteiger partial charge in [0.2, 0.25) is 11.7 Å². The van der Waals surface area contributed by atoms with Crippen molar-refractivity contribution in [3.8, 4) is 11.4 Å².